The number of H-pyrrole nitrogens is 2. The summed E-state index contributed by atoms with van der Waals surface area (Å²) in [7, 11) is 0. The maximum atomic E-state index is 11.5. The Bertz CT molecular complexity index is 555. The minimum absolute atomic E-state index is 0.0705. The number of hydrogen-bond acceptors (Lipinski definition) is 5. The second kappa shape index (κ2) is 5.30. The standard InChI is InChI=1S/C10H15N3O4S/c1-10(2,3)17-9(16)12-6-5(4-18)11-8(15)13-7(6)14/h18H,4H2,1-3H3,(H,12,16)(H2,11,13,14,15). The average molecular weight is 273 g/mol. The molecule has 0 aliphatic carbocycles. The number of aromatic nitrogens is 2. The van der Waals surface area contributed by atoms with Crippen molar-refractivity contribution in [2.24, 2.45) is 0 Å². The molecule has 1 aromatic rings. The van der Waals surface area contributed by atoms with Gasteiger partial charge < -0.3 is 9.72 Å². The molecule has 100 valence electrons. The first-order valence-electron chi connectivity index (χ1n) is 5.19. The van der Waals surface area contributed by atoms with Gasteiger partial charge in [-0.2, -0.15) is 12.6 Å². The van der Waals surface area contributed by atoms with Gasteiger partial charge in [0.2, 0.25) is 0 Å². The number of anilines is 1. The lowest BCUT2D eigenvalue weighted by Crippen LogP contribution is -2.32. The minimum Gasteiger partial charge on any atom is -0.444 e. The molecule has 0 fully saturated rings. The van der Waals surface area contributed by atoms with Crippen LogP contribution >= 0.6 is 12.6 Å². The second-order valence-electron chi connectivity index (χ2n) is 4.55. The summed E-state index contributed by atoms with van der Waals surface area (Å²) in [5.41, 5.74) is -1.88. The summed E-state index contributed by atoms with van der Waals surface area (Å²) in [5, 5.41) is 2.29. The maximum absolute atomic E-state index is 11.5. The second-order valence-corrected chi connectivity index (χ2v) is 4.86. The van der Waals surface area contributed by atoms with Gasteiger partial charge in [0.25, 0.3) is 5.56 Å². The molecule has 18 heavy (non-hydrogen) atoms. The summed E-state index contributed by atoms with van der Waals surface area (Å²) in [5.74, 6) is 0.101. The Morgan fingerprint density at radius 3 is 2.44 bits per heavy atom. The molecular formula is C10H15N3O4S. The summed E-state index contributed by atoms with van der Waals surface area (Å²) in [6, 6.07) is 0. The van der Waals surface area contributed by atoms with Crippen molar-refractivity contribution in [3.05, 3.63) is 26.5 Å². The molecule has 0 radical (unpaired) electrons. The fourth-order valence-electron chi connectivity index (χ4n) is 1.19. The van der Waals surface area contributed by atoms with Crippen LogP contribution in [0.3, 0.4) is 0 Å². The van der Waals surface area contributed by atoms with E-state index in [2.05, 4.69) is 22.9 Å². The number of ether oxygens (including phenoxy) is 1. The van der Waals surface area contributed by atoms with Crippen LogP contribution in [0.1, 0.15) is 26.5 Å². The van der Waals surface area contributed by atoms with Crippen LogP contribution in [-0.4, -0.2) is 21.7 Å². The normalized spacial score (nSPS) is 11.1. The molecule has 0 spiro atoms. The van der Waals surface area contributed by atoms with Crippen LogP contribution in [0.15, 0.2) is 9.59 Å². The number of thiol groups is 1. The highest BCUT2D eigenvalue weighted by atomic mass is 32.1. The molecule has 3 N–H and O–H groups in total. The van der Waals surface area contributed by atoms with Crippen molar-refractivity contribution in [3.63, 3.8) is 0 Å². The van der Waals surface area contributed by atoms with E-state index >= 15 is 0 Å². The number of rotatable bonds is 2. The highest BCUT2D eigenvalue weighted by Gasteiger charge is 2.18. The topological polar surface area (TPSA) is 104 Å². The van der Waals surface area contributed by atoms with Gasteiger partial charge in [-0.25, -0.2) is 9.59 Å². The number of amides is 1. The first kappa shape index (κ1) is 14.4. The molecule has 1 aromatic heterocycles. The van der Waals surface area contributed by atoms with Crippen LogP contribution in [0.5, 0.6) is 0 Å². The van der Waals surface area contributed by atoms with Gasteiger partial charge in [0.15, 0.2) is 0 Å². The van der Waals surface area contributed by atoms with E-state index in [1.165, 1.54) is 0 Å². The number of nitrogens with one attached hydrogen (secondary N) is 3. The van der Waals surface area contributed by atoms with Gasteiger partial charge in [0.1, 0.15) is 11.3 Å². The smallest absolute Gasteiger partial charge is 0.412 e. The molecule has 1 heterocycles. The first-order chi connectivity index (χ1) is 8.23. The Hall–Kier alpha value is -1.70. The van der Waals surface area contributed by atoms with Crippen LogP contribution < -0.4 is 16.6 Å². The summed E-state index contributed by atoms with van der Waals surface area (Å²) in [4.78, 5) is 38.5. The van der Waals surface area contributed by atoms with E-state index in [1.807, 2.05) is 4.98 Å². The van der Waals surface area contributed by atoms with E-state index in [4.69, 9.17) is 4.74 Å². The van der Waals surface area contributed by atoms with Gasteiger partial charge in [-0.3, -0.25) is 15.1 Å². The summed E-state index contributed by atoms with van der Waals surface area (Å²) >= 11 is 3.97. The lowest BCUT2D eigenvalue weighted by Gasteiger charge is -2.19. The van der Waals surface area contributed by atoms with Crippen LogP contribution in [0.25, 0.3) is 0 Å². The van der Waals surface area contributed by atoms with Crippen molar-refractivity contribution < 1.29 is 9.53 Å². The van der Waals surface area contributed by atoms with Crippen LogP contribution in [-0.2, 0) is 10.5 Å². The SMILES string of the molecule is CC(C)(C)OC(=O)Nc1c(CS)[nH]c(=O)[nH]c1=O. The molecule has 8 heteroatoms. The number of carbonyl (C=O) groups is 1. The van der Waals surface area contributed by atoms with Gasteiger partial charge in [-0.15, -0.1) is 0 Å². The molecule has 0 unspecified atom stereocenters. The lowest BCUT2D eigenvalue weighted by molar-refractivity contribution is 0.0635. The molecule has 0 atom stereocenters. The quantitative estimate of drug-likeness (QED) is 0.599. The molecule has 0 aromatic carbocycles. The van der Waals surface area contributed by atoms with E-state index in [-0.39, 0.29) is 17.1 Å². The highest BCUT2D eigenvalue weighted by Crippen LogP contribution is 2.11. The molecule has 0 saturated heterocycles. The Balaban J connectivity index is 3.01. The van der Waals surface area contributed by atoms with Gasteiger partial charge in [-0.1, -0.05) is 0 Å². The Kier molecular flexibility index (Phi) is 4.23. The van der Waals surface area contributed by atoms with Gasteiger partial charge in [0.05, 0.1) is 5.69 Å². The third-order valence-electron chi connectivity index (χ3n) is 1.80. The molecule has 1 amide bonds. The average Bonchev–Trinajstić information content (AvgIpc) is 2.18. The van der Waals surface area contributed by atoms with Crippen LogP contribution in [0.2, 0.25) is 0 Å². The third kappa shape index (κ3) is 3.95. The van der Waals surface area contributed by atoms with Gasteiger partial charge in [0, 0.05) is 5.75 Å². The van der Waals surface area contributed by atoms with Crippen molar-refractivity contribution in [2.75, 3.05) is 5.32 Å². The van der Waals surface area contributed by atoms with Crippen molar-refractivity contribution >= 4 is 24.4 Å². The van der Waals surface area contributed by atoms with E-state index in [0.29, 0.717) is 0 Å². The fourth-order valence-corrected chi connectivity index (χ4v) is 1.43. The zero-order chi connectivity index (χ0) is 13.9. The first-order valence-corrected chi connectivity index (χ1v) is 5.82. The largest absolute Gasteiger partial charge is 0.444 e. The summed E-state index contributed by atoms with van der Waals surface area (Å²) in [6.45, 7) is 5.09. The Morgan fingerprint density at radius 2 is 1.94 bits per heavy atom. The molecule has 0 aliphatic rings. The number of carbonyl (C=O) groups excluding carboxylic acids is 1. The van der Waals surface area contributed by atoms with E-state index in [0.717, 1.165) is 0 Å². The number of aromatic amines is 2. The van der Waals surface area contributed by atoms with Crippen molar-refractivity contribution in [1.82, 2.24) is 9.97 Å². The van der Waals surface area contributed by atoms with Crippen LogP contribution in [0.4, 0.5) is 10.5 Å². The maximum Gasteiger partial charge on any atom is 0.412 e. The predicted octanol–water partition coefficient (Wildman–Crippen LogP) is 0.840. The molecule has 0 bridgehead atoms. The number of hydrogen-bond donors (Lipinski definition) is 4. The molecule has 0 aliphatic heterocycles. The van der Waals surface area contributed by atoms with E-state index in [9.17, 15) is 14.4 Å². The van der Waals surface area contributed by atoms with Crippen molar-refractivity contribution in [1.29, 1.82) is 0 Å². The van der Waals surface area contributed by atoms with Gasteiger partial charge >= 0.3 is 11.8 Å². The van der Waals surface area contributed by atoms with E-state index < -0.39 is 22.9 Å². The highest BCUT2D eigenvalue weighted by molar-refractivity contribution is 7.79. The monoisotopic (exact) mass is 273 g/mol. The zero-order valence-corrected chi connectivity index (χ0v) is 11.2. The van der Waals surface area contributed by atoms with Crippen LogP contribution in [0, 0.1) is 0 Å². The third-order valence-corrected chi connectivity index (χ3v) is 2.12. The lowest BCUT2D eigenvalue weighted by atomic mass is 10.2. The Morgan fingerprint density at radius 1 is 1.33 bits per heavy atom. The Labute approximate surface area is 108 Å². The molecule has 0 saturated carbocycles. The molecule has 7 nitrogen and oxygen atoms in total. The van der Waals surface area contributed by atoms with Crippen molar-refractivity contribution in [3.8, 4) is 0 Å². The summed E-state index contributed by atoms with van der Waals surface area (Å²) < 4.78 is 5.01. The van der Waals surface area contributed by atoms with Crippen molar-refractivity contribution in [2.45, 2.75) is 32.1 Å². The fraction of sp³-hybridized carbons (Fsp3) is 0.500. The van der Waals surface area contributed by atoms with E-state index in [1.54, 1.807) is 20.8 Å². The zero-order valence-electron chi connectivity index (χ0n) is 10.3. The molecule has 1 rings (SSSR count). The van der Waals surface area contributed by atoms with Gasteiger partial charge in [-0.05, 0) is 20.8 Å². The predicted molar refractivity (Wildman–Crippen MR) is 70.2 cm³/mol. The molecular weight excluding hydrogens is 258 g/mol. The minimum atomic E-state index is -0.775. The summed E-state index contributed by atoms with van der Waals surface area (Å²) in [6.07, 6.45) is -0.775.